The van der Waals surface area contributed by atoms with Crippen LogP contribution >= 0.6 is 0 Å². The van der Waals surface area contributed by atoms with Gasteiger partial charge in [-0.15, -0.1) is 0 Å². The lowest BCUT2D eigenvalue weighted by molar-refractivity contribution is 0.0767. The molecule has 0 saturated heterocycles. The van der Waals surface area contributed by atoms with E-state index in [-0.39, 0.29) is 6.29 Å². The van der Waals surface area contributed by atoms with Gasteiger partial charge in [0.2, 0.25) is 6.29 Å². The summed E-state index contributed by atoms with van der Waals surface area (Å²) in [5.41, 5.74) is 0. The molecule has 1 aromatic rings. The zero-order chi connectivity index (χ0) is 9.10. The van der Waals surface area contributed by atoms with Crippen molar-refractivity contribution in [2.24, 2.45) is 0 Å². The zero-order valence-electron chi connectivity index (χ0n) is 7.69. The van der Waals surface area contributed by atoms with Crippen LogP contribution < -0.4 is 9.47 Å². The van der Waals surface area contributed by atoms with Gasteiger partial charge in [-0.3, -0.25) is 0 Å². The molecule has 0 saturated carbocycles. The summed E-state index contributed by atoms with van der Waals surface area (Å²) in [6, 6.07) is 7.75. The number of unbranched alkanes of at least 4 members (excludes halogenated alkanes) is 1. The van der Waals surface area contributed by atoms with Gasteiger partial charge in [-0.25, -0.2) is 0 Å². The van der Waals surface area contributed by atoms with Gasteiger partial charge in [0.15, 0.2) is 11.5 Å². The Morgan fingerprint density at radius 2 is 1.85 bits per heavy atom. The van der Waals surface area contributed by atoms with Crippen molar-refractivity contribution >= 4 is 0 Å². The maximum Gasteiger partial charge on any atom is 0.244 e. The smallest absolute Gasteiger partial charge is 0.244 e. The highest BCUT2D eigenvalue weighted by atomic mass is 16.7. The average Bonchev–Trinajstić information content (AvgIpc) is 2.57. The summed E-state index contributed by atoms with van der Waals surface area (Å²) in [5.74, 6) is 1.69. The molecule has 0 aliphatic carbocycles. The molecule has 1 heterocycles. The number of fused-ring (bicyclic) bond motifs is 1. The minimum absolute atomic E-state index is 0.183. The molecule has 1 aromatic carbocycles. The van der Waals surface area contributed by atoms with Gasteiger partial charge in [0.05, 0.1) is 0 Å². The largest absolute Gasteiger partial charge is 0.451 e. The van der Waals surface area contributed by atoms with Crippen LogP contribution in [0.4, 0.5) is 0 Å². The minimum atomic E-state index is -0.183. The lowest BCUT2D eigenvalue weighted by Crippen LogP contribution is -2.18. The molecule has 69 valence electrons. The first-order valence-electron chi connectivity index (χ1n) is 4.66. The van der Waals surface area contributed by atoms with E-state index in [1.165, 1.54) is 0 Å². The maximum atomic E-state index is 5.53. The third-order valence-corrected chi connectivity index (χ3v) is 1.98. The topological polar surface area (TPSA) is 18.5 Å². The Morgan fingerprint density at radius 1 is 1.23 bits per heavy atom. The average molecular weight is 177 g/mol. The molecular weight excluding hydrogens is 164 g/mol. The van der Waals surface area contributed by atoms with Crippen LogP contribution in [-0.4, -0.2) is 6.29 Å². The molecule has 2 nitrogen and oxygen atoms in total. The van der Waals surface area contributed by atoms with Crippen LogP contribution in [0.25, 0.3) is 0 Å². The Labute approximate surface area is 78.5 Å². The molecule has 0 aromatic heterocycles. The van der Waals surface area contributed by atoms with Crippen LogP contribution in [0.3, 0.4) is 0 Å². The van der Waals surface area contributed by atoms with Crippen molar-refractivity contribution in [3.8, 4) is 11.5 Å². The van der Waals surface area contributed by atoms with E-state index >= 15 is 0 Å². The molecule has 13 heavy (non-hydrogen) atoms. The van der Waals surface area contributed by atoms with Gasteiger partial charge in [0.1, 0.15) is 0 Å². The number of hydrogen-bond acceptors (Lipinski definition) is 2. The van der Waals surface area contributed by atoms with Crippen molar-refractivity contribution in [2.75, 3.05) is 0 Å². The van der Waals surface area contributed by atoms with Gasteiger partial charge in [-0.1, -0.05) is 25.5 Å². The van der Waals surface area contributed by atoms with Crippen molar-refractivity contribution < 1.29 is 9.47 Å². The summed E-state index contributed by atoms with van der Waals surface area (Å²) < 4.78 is 11.1. The van der Waals surface area contributed by atoms with E-state index < -0.39 is 0 Å². The third-order valence-electron chi connectivity index (χ3n) is 1.98. The summed E-state index contributed by atoms with van der Waals surface area (Å²) in [6.07, 6.45) is 4.02. The summed E-state index contributed by atoms with van der Waals surface area (Å²) in [7, 11) is 0. The van der Waals surface area contributed by atoms with Crippen LogP contribution in [-0.2, 0) is 0 Å². The van der Waals surface area contributed by atoms with Crippen LogP contribution in [0.5, 0.6) is 11.5 Å². The fourth-order valence-electron chi connectivity index (χ4n) is 1.32. The van der Waals surface area contributed by atoms with Crippen molar-refractivity contribution in [3.63, 3.8) is 0 Å². The van der Waals surface area contributed by atoms with Crippen molar-refractivity contribution in [1.29, 1.82) is 0 Å². The Bertz CT molecular complexity index is 258. The summed E-state index contributed by atoms with van der Waals surface area (Å²) in [6.45, 7) is 2.14. The highest BCUT2D eigenvalue weighted by Gasteiger charge is 2.22. The van der Waals surface area contributed by atoms with Gasteiger partial charge >= 0.3 is 0 Å². The molecule has 0 atom stereocenters. The van der Waals surface area contributed by atoms with Crippen molar-refractivity contribution in [2.45, 2.75) is 26.1 Å². The van der Waals surface area contributed by atoms with Gasteiger partial charge in [-0.2, -0.15) is 0 Å². The molecule has 0 fully saturated rings. The van der Waals surface area contributed by atoms with Gasteiger partial charge in [0, 0.05) is 6.42 Å². The molecule has 1 aliphatic heterocycles. The van der Waals surface area contributed by atoms with E-state index in [1.807, 2.05) is 24.3 Å². The van der Waals surface area contributed by atoms with Crippen molar-refractivity contribution in [3.05, 3.63) is 30.7 Å². The SMILES string of the molecule is CCC[CH]C1Oc2ccccc2O1. The highest BCUT2D eigenvalue weighted by Crippen LogP contribution is 2.34. The lowest BCUT2D eigenvalue weighted by atomic mass is 10.2. The first-order valence-corrected chi connectivity index (χ1v) is 4.66. The van der Waals surface area contributed by atoms with Gasteiger partial charge in [-0.05, 0) is 18.6 Å². The molecular formula is C11H13O2. The quantitative estimate of drug-likeness (QED) is 0.706. The Morgan fingerprint density at radius 3 is 2.38 bits per heavy atom. The summed E-state index contributed by atoms with van der Waals surface area (Å²) >= 11 is 0. The van der Waals surface area contributed by atoms with E-state index in [2.05, 4.69) is 13.3 Å². The molecule has 1 aliphatic rings. The molecule has 0 amide bonds. The number of rotatable bonds is 3. The van der Waals surface area contributed by atoms with E-state index in [0.717, 1.165) is 24.3 Å². The summed E-state index contributed by atoms with van der Waals surface area (Å²) in [5, 5.41) is 0. The maximum absolute atomic E-state index is 5.53. The minimum Gasteiger partial charge on any atom is -0.451 e. The highest BCUT2D eigenvalue weighted by molar-refractivity contribution is 5.42. The van der Waals surface area contributed by atoms with E-state index in [9.17, 15) is 0 Å². The Kier molecular flexibility index (Phi) is 2.39. The normalized spacial score (nSPS) is 14.8. The van der Waals surface area contributed by atoms with Gasteiger partial charge < -0.3 is 9.47 Å². The first-order chi connectivity index (χ1) is 6.40. The predicted molar refractivity (Wildman–Crippen MR) is 50.7 cm³/mol. The second kappa shape index (κ2) is 3.69. The van der Waals surface area contributed by atoms with Crippen LogP contribution in [0.1, 0.15) is 19.8 Å². The predicted octanol–water partition coefficient (Wildman–Crippen LogP) is 2.79. The van der Waals surface area contributed by atoms with E-state index in [4.69, 9.17) is 9.47 Å². The molecule has 0 bridgehead atoms. The van der Waals surface area contributed by atoms with Gasteiger partial charge in [0.25, 0.3) is 0 Å². The number of para-hydroxylation sites is 2. The Hall–Kier alpha value is -1.18. The van der Waals surface area contributed by atoms with Crippen LogP contribution in [0.15, 0.2) is 24.3 Å². The van der Waals surface area contributed by atoms with Crippen LogP contribution in [0.2, 0.25) is 0 Å². The molecule has 2 heteroatoms. The van der Waals surface area contributed by atoms with Crippen LogP contribution in [0, 0.1) is 6.42 Å². The second-order valence-electron chi connectivity index (χ2n) is 3.08. The molecule has 1 radical (unpaired) electrons. The summed E-state index contributed by atoms with van der Waals surface area (Å²) in [4.78, 5) is 0. The molecule has 0 N–H and O–H groups in total. The number of ether oxygens (including phenoxy) is 2. The molecule has 0 spiro atoms. The monoisotopic (exact) mass is 177 g/mol. The third kappa shape index (κ3) is 1.77. The number of hydrogen-bond donors (Lipinski definition) is 0. The first kappa shape index (κ1) is 8.42. The van der Waals surface area contributed by atoms with Crippen molar-refractivity contribution in [1.82, 2.24) is 0 Å². The second-order valence-corrected chi connectivity index (χ2v) is 3.08. The van der Waals surface area contributed by atoms with E-state index in [0.29, 0.717) is 0 Å². The standard InChI is InChI=1S/C11H13O2/c1-2-3-8-11-12-9-6-4-5-7-10(9)13-11/h4-8,11H,2-3H2,1H3. The van der Waals surface area contributed by atoms with E-state index in [1.54, 1.807) is 0 Å². The Balaban J connectivity index is 1.97. The fraction of sp³-hybridized carbons (Fsp3) is 0.364. The lowest BCUT2D eigenvalue weighted by Gasteiger charge is -2.07. The molecule has 0 unspecified atom stereocenters. The number of benzene rings is 1. The fourth-order valence-corrected chi connectivity index (χ4v) is 1.32. The molecule has 2 rings (SSSR count). The zero-order valence-corrected chi connectivity index (χ0v) is 7.69.